The van der Waals surface area contributed by atoms with Crippen LogP contribution in [0.3, 0.4) is 0 Å². The smallest absolute Gasteiger partial charge is 0.412 e. The van der Waals surface area contributed by atoms with Crippen LogP contribution in [0.25, 0.3) is 10.8 Å². The molecule has 4 nitrogen and oxygen atoms in total. The summed E-state index contributed by atoms with van der Waals surface area (Å²) in [6.45, 7) is 0.401. The summed E-state index contributed by atoms with van der Waals surface area (Å²) >= 11 is 0. The van der Waals surface area contributed by atoms with Crippen molar-refractivity contribution in [3.8, 4) is 11.5 Å². The highest BCUT2D eigenvalue weighted by atomic mass is 19.1. The lowest BCUT2D eigenvalue weighted by Crippen LogP contribution is -2.28. The first kappa shape index (κ1) is 16.8. The SMILES string of the molecule is COc1ccc(OC(=O)NCCc2ccc(F)cc2)c2ccccc12. The molecule has 0 heterocycles. The number of halogens is 1. The van der Waals surface area contributed by atoms with E-state index in [4.69, 9.17) is 9.47 Å². The van der Waals surface area contributed by atoms with Crippen LogP contribution in [0.15, 0.2) is 60.7 Å². The normalized spacial score (nSPS) is 10.5. The average Bonchev–Trinajstić information content (AvgIpc) is 2.64. The summed E-state index contributed by atoms with van der Waals surface area (Å²) in [5, 5.41) is 4.38. The van der Waals surface area contributed by atoms with Gasteiger partial charge in [0.1, 0.15) is 17.3 Å². The topological polar surface area (TPSA) is 47.6 Å². The van der Waals surface area contributed by atoms with Crippen molar-refractivity contribution in [3.63, 3.8) is 0 Å². The molecule has 0 atom stereocenters. The van der Waals surface area contributed by atoms with Gasteiger partial charge < -0.3 is 14.8 Å². The number of amides is 1. The largest absolute Gasteiger partial charge is 0.496 e. The number of carbonyl (C=O) groups is 1. The van der Waals surface area contributed by atoms with Crippen molar-refractivity contribution in [2.75, 3.05) is 13.7 Å². The number of hydrogen-bond donors (Lipinski definition) is 1. The van der Waals surface area contributed by atoms with Gasteiger partial charge >= 0.3 is 6.09 Å². The van der Waals surface area contributed by atoms with Gasteiger partial charge in [-0.15, -0.1) is 0 Å². The van der Waals surface area contributed by atoms with Crippen molar-refractivity contribution in [1.29, 1.82) is 0 Å². The van der Waals surface area contributed by atoms with Crippen LogP contribution >= 0.6 is 0 Å². The van der Waals surface area contributed by atoms with Crippen molar-refractivity contribution in [2.45, 2.75) is 6.42 Å². The van der Waals surface area contributed by atoms with E-state index in [-0.39, 0.29) is 5.82 Å². The second kappa shape index (κ2) is 7.66. The Bertz CT molecular complexity index is 878. The first-order valence-corrected chi connectivity index (χ1v) is 7.93. The predicted octanol–water partition coefficient (Wildman–Crippen LogP) is 4.32. The van der Waals surface area contributed by atoms with Gasteiger partial charge in [0, 0.05) is 17.3 Å². The number of methoxy groups -OCH3 is 1. The van der Waals surface area contributed by atoms with E-state index in [1.54, 1.807) is 31.4 Å². The van der Waals surface area contributed by atoms with E-state index in [0.29, 0.717) is 18.7 Å². The standard InChI is InChI=1S/C20H18FNO3/c1-24-18-10-11-19(17-5-3-2-4-16(17)18)25-20(23)22-13-12-14-6-8-15(21)9-7-14/h2-11H,12-13H2,1H3,(H,22,23). The number of carbonyl (C=O) groups excluding carboxylic acids is 1. The lowest BCUT2D eigenvalue weighted by molar-refractivity contribution is 0.201. The van der Waals surface area contributed by atoms with Gasteiger partial charge in [-0.25, -0.2) is 9.18 Å². The third-order valence-corrected chi connectivity index (χ3v) is 3.86. The van der Waals surface area contributed by atoms with Crippen molar-refractivity contribution in [3.05, 3.63) is 72.0 Å². The van der Waals surface area contributed by atoms with Gasteiger partial charge in [-0.2, -0.15) is 0 Å². The van der Waals surface area contributed by atoms with E-state index < -0.39 is 6.09 Å². The molecule has 3 aromatic rings. The Kier molecular flexibility index (Phi) is 5.14. The summed E-state index contributed by atoms with van der Waals surface area (Å²) in [6, 6.07) is 17.2. The fourth-order valence-corrected chi connectivity index (χ4v) is 2.61. The highest BCUT2D eigenvalue weighted by Gasteiger charge is 2.10. The molecule has 0 aliphatic rings. The second-order valence-electron chi connectivity index (χ2n) is 5.50. The zero-order chi connectivity index (χ0) is 17.6. The van der Waals surface area contributed by atoms with Gasteiger partial charge in [0.2, 0.25) is 0 Å². The van der Waals surface area contributed by atoms with Crippen LogP contribution in [-0.4, -0.2) is 19.7 Å². The molecule has 3 rings (SSSR count). The van der Waals surface area contributed by atoms with Crippen molar-refractivity contribution < 1.29 is 18.7 Å². The summed E-state index contributed by atoms with van der Waals surface area (Å²) in [5.74, 6) is 0.915. The molecule has 0 aromatic heterocycles. The molecule has 0 radical (unpaired) electrons. The molecular formula is C20H18FNO3. The van der Waals surface area contributed by atoms with Crippen molar-refractivity contribution in [1.82, 2.24) is 5.32 Å². The molecule has 1 amide bonds. The molecule has 0 fully saturated rings. The number of benzene rings is 3. The van der Waals surface area contributed by atoms with Gasteiger partial charge in [-0.3, -0.25) is 0 Å². The Balaban J connectivity index is 1.63. The fourth-order valence-electron chi connectivity index (χ4n) is 2.61. The molecule has 0 spiro atoms. The first-order valence-electron chi connectivity index (χ1n) is 7.93. The monoisotopic (exact) mass is 339 g/mol. The number of fused-ring (bicyclic) bond motifs is 1. The Morgan fingerprint density at radius 1 is 0.960 bits per heavy atom. The molecule has 0 unspecified atom stereocenters. The molecule has 25 heavy (non-hydrogen) atoms. The highest BCUT2D eigenvalue weighted by Crippen LogP contribution is 2.32. The molecule has 128 valence electrons. The molecule has 0 aliphatic heterocycles. The minimum atomic E-state index is -0.530. The van der Waals surface area contributed by atoms with Crippen LogP contribution in [0.1, 0.15) is 5.56 Å². The maximum Gasteiger partial charge on any atom is 0.412 e. The minimum absolute atomic E-state index is 0.275. The van der Waals surface area contributed by atoms with Crippen molar-refractivity contribution >= 4 is 16.9 Å². The van der Waals surface area contributed by atoms with Crippen LogP contribution in [0.5, 0.6) is 11.5 Å². The highest BCUT2D eigenvalue weighted by molar-refractivity contribution is 5.94. The molecule has 0 saturated carbocycles. The summed E-state index contributed by atoms with van der Waals surface area (Å²) in [6.07, 6.45) is 0.0658. The number of nitrogens with one attached hydrogen (secondary N) is 1. The van der Waals surface area contributed by atoms with Crippen LogP contribution in [0, 0.1) is 5.82 Å². The number of hydrogen-bond acceptors (Lipinski definition) is 3. The zero-order valence-electron chi connectivity index (χ0n) is 13.8. The summed E-state index contributed by atoms with van der Waals surface area (Å²) in [5.41, 5.74) is 0.941. The molecule has 0 saturated heterocycles. The first-order chi connectivity index (χ1) is 12.2. The van der Waals surface area contributed by atoms with E-state index in [9.17, 15) is 9.18 Å². The maximum absolute atomic E-state index is 12.9. The van der Waals surface area contributed by atoms with E-state index in [1.165, 1.54) is 12.1 Å². The van der Waals surface area contributed by atoms with Gasteiger partial charge in [0.05, 0.1) is 7.11 Å². The van der Waals surface area contributed by atoms with Gasteiger partial charge in [0.25, 0.3) is 0 Å². The van der Waals surface area contributed by atoms with Gasteiger partial charge in [-0.1, -0.05) is 36.4 Å². The minimum Gasteiger partial charge on any atom is -0.496 e. The van der Waals surface area contributed by atoms with E-state index in [2.05, 4.69) is 5.32 Å². The lowest BCUT2D eigenvalue weighted by atomic mass is 10.1. The van der Waals surface area contributed by atoms with Crippen LogP contribution in [-0.2, 0) is 6.42 Å². The summed E-state index contributed by atoms with van der Waals surface area (Å²) < 4.78 is 23.6. The summed E-state index contributed by atoms with van der Waals surface area (Å²) in [7, 11) is 1.60. The fraction of sp³-hybridized carbons (Fsp3) is 0.150. The van der Waals surface area contributed by atoms with Gasteiger partial charge in [0.15, 0.2) is 0 Å². The predicted molar refractivity (Wildman–Crippen MR) is 94.6 cm³/mol. The quantitative estimate of drug-likeness (QED) is 0.753. The maximum atomic E-state index is 12.9. The Labute approximate surface area is 145 Å². The van der Waals surface area contributed by atoms with Gasteiger partial charge in [-0.05, 0) is 36.2 Å². The zero-order valence-corrected chi connectivity index (χ0v) is 13.8. The van der Waals surface area contributed by atoms with Crippen molar-refractivity contribution in [2.24, 2.45) is 0 Å². The van der Waals surface area contributed by atoms with Crippen LogP contribution in [0.2, 0.25) is 0 Å². The number of ether oxygens (including phenoxy) is 2. The van der Waals surface area contributed by atoms with Crippen LogP contribution < -0.4 is 14.8 Å². The average molecular weight is 339 g/mol. The molecule has 0 bridgehead atoms. The second-order valence-corrected chi connectivity index (χ2v) is 5.50. The molecule has 5 heteroatoms. The van der Waals surface area contributed by atoms with Crippen LogP contribution in [0.4, 0.5) is 9.18 Å². The Morgan fingerprint density at radius 2 is 1.60 bits per heavy atom. The Hall–Kier alpha value is -3.08. The molecule has 1 N–H and O–H groups in total. The molecule has 3 aromatic carbocycles. The molecular weight excluding hydrogens is 321 g/mol. The number of rotatable bonds is 5. The third kappa shape index (κ3) is 4.07. The van der Waals surface area contributed by atoms with E-state index >= 15 is 0 Å². The van der Waals surface area contributed by atoms with E-state index in [1.807, 2.05) is 24.3 Å². The third-order valence-electron chi connectivity index (χ3n) is 3.86. The summed E-state index contributed by atoms with van der Waals surface area (Å²) in [4.78, 5) is 12.0. The Morgan fingerprint density at radius 3 is 2.28 bits per heavy atom. The van der Waals surface area contributed by atoms with E-state index in [0.717, 1.165) is 22.1 Å². The molecule has 0 aliphatic carbocycles. The lowest BCUT2D eigenvalue weighted by Gasteiger charge is -2.11.